The Labute approximate surface area is 96.9 Å². The quantitative estimate of drug-likeness (QED) is 0.766. The van der Waals surface area contributed by atoms with Gasteiger partial charge in [-0.3, -0.25) is 5.01 Å². The number of nitrogens with zero attached hydrogens (tertiary/aromatic N) is 2. The van der Waals surface area contributed by atoms with Gasteiger partial charge in [0, 0.05) is 19.5 Å². The number of hydrogen-bond donors (Lipinski definition) is 1. The molecule has 0 amide bonds. The van der Waals surface area contributed by atoms with Crippen LogP contribution in [0.3, 0.4) is 0 Å². The molecule has 0 aromatic heterocycles. The van der Waals surface area contributed by atoms with E-state index in [1.807, 2.05) is 0 Å². The van der Waals surface area contributed by atoms with Gasteiger partial charge in [0.25, 0.3) is 0 Å². The minimum Gasteiger partial charge on any atom is -0.386 e. The van der Waals surface area contributed by atoms with Gasteiger partial charge >= 0.3 is 0 Å². The van der Waals surface area contributed by atoms with E-state index in [9.17, 15) is 0 Å². The zero-order chi connectivity index (χ0) is 11.2. The number of nitrogens with two attached hydrogens (primary N) is 1. The largest absolute Gasteiger partial charge is 0.386 e. The fraction of sp³-hybridized carbons (Fsp3) is 0.462. The highest BCUT2D eigenvalue weighted by Crippen LogP contribution is 2.08. The molecule has 2 rings (SSSR count). The average Bonchev–Trinajstić information content (AvgIpc) is 2.72. The molecule has 1 aliphatic heterocycles. The van der Waals surface area contributed by atoms with Crippen LogP contribution in [-0.4, -0.2) is 23.9 Å². The van der Waals surface area contributed by atoms with Gasteiger partial charge in [0.05, 0.1) is 0 Å². The second-order valence-electron chi connectivity index (χ2n) is 4.24. The van der Waals surface area contributed by atoms with Crippen LogP contribution in [0.5, 0.6) is 0 Å². The molecule has 1 heterocycles. The normalized spacial score (nSPS) is 15.2. The smallest absolute Gasteiger partial charge is 0.121 e. The summed E-state index contributed by atoms with van der Waals surface area (Å²) in [7, 11) is 0. The van der Waals surface area contributed by atoms with Gasteiger partial charge in [-0.05, 0) is 24.8 Å². The number of amidine groups is 1. The Bertz CT molecular complexity index is 345. The number of unbranched alkanes of at least 4 members (excludes halogenated alkanes) is 1. The molecule has 1 aromatic rings. The highest BCUT2D eigenvalue weighted by Gasteiger charge is 2.10. The lowest BCUT2D eigenvalue weighted by molar-refractivity contribution is 0.310. The van der Waals surface area contributed by atoms with E-state index >= 15 is 0 Å². The Morgan fingerprint density at radius 1 is 1.19 bits per heavy atom. The molecule has 0 atom stereocenters. The number of benzene rings is 1. The number of rotatable bonds is 5. The van der Waals surface area contributed by atoms with Crippen molar-refractivity contribution in [2.24, 2.45) is 10.8 Å². The first kappa shape index (κ1) is 11.0. The molecule has 0 saturated carbocycles. The first-order chi connectivity index (χ1) is 7.84. The summed E-state index contributed by atoms with van der Waals surface area (Å²) in [6, 6.07) is 10.6. The summed E-state index contributed by atoms with van der Waals surface area (Å²) in [6.07, 6.45) is 4.49. The predicted octanol–water partition coefficient (Wildman–Crippen LogP) is 1.99. The van der Waals surface area contributed by atoms with Crippen molar-refractivity contribution in [3.8, 4) is 0 Å². The van der Waals surface area contributed by atoms with Gasteiger partial charge in [0.2, 0.25) is 0 Å². The molecule has 0 fully saturated rings. The van der Waals surface area contributed by atoms with E-state index in [4.69, 9.17) is 5.73 Å². The molecule has 1 aliphatic rings. The molecule has 86 valence electrons. The summed E-state index contributed by atoms with van der Waals surface area (Å²) in [4.78, 5) is 0. The van der Waals surface area contributed by atoms with Crippen LogP contribution in [0.4, 0.5) is 0 Å². The minimum absolute atomic E-state index is 0.781. The standard InChI is InChI=1S/C13H19N3/c14-13-9-11-16(15-13)10-5-4-8-12-6-2-1-3-7-12/h1-3,6-7H,4-5,8-11H2,(H2,14,15). The van der Waals surface area contributed by atoms with Gasteiger partial charge in [-0.15, -0.1) is 0 Å². The molecule has 0 radical (unpaired) electrons. The highest BCUT2D eigenvalue weighted by molar-refractivity contribution is 5.81. The maximum atomic E-state index is 5.63. The molecule has 2 N–H and O–H groups in total. The van der Waals surface area contributed by atoms with Crippen molar-refractivity contribution in [1.82, 2.24) is 5.01 Å². The minimum atomic E-state index is 0.781. The second-order valence-corrected chi connectivity index (χ2v) is 4.24. The molecule has 1 aromatic carbocycles. The number of aryl methyl sites for hydroxylation is 1. The third kappa shape index (κ3) is 3.26. The summed E-state index contributed by atoms with van der Waals surface area (Å²) in [5.41, 5.74) is 7.05. The maximum Gasteiger partial charge on any atom is 0.121 e. The lowest BCUT2D eigenvalue weighted by Crippen LogP contribution is -2.15. The monoisotopic (exact) mass is 217 g/mol. The fourth-order valence-electron chi connectivity index (χ4n) is 1.96. The Morgan fingerprint density at radius 2 is 2.00 bits per heavy atom. The van der Waals surface area contributed by atoms with Crippen LogP contribution < -0.4 is 5.73 Å². The lowest BCUT2D eigenvalue weighted by Gasteiger charge is -2.12. The molecule has 16 heavy (non-hydrogen) atoms. The van der Waals surface area contributed by atoms with Crippen molar-refractivity contribution in [3.63, 3.8) is 0 Å². The van der Waals surface area contributed by atoms with Crippen LogP contribution in [0.1, 0.15) is 24.8 Å². The summed E-state index contributed by atoms with van der Waals surface area (Å²) in [5, 5.41) is 6.34. The molecule has 0 saturated heterocycles. The summed E-state index contributed by atoms with van der Waals surface area (Å²) in [6.45, 7) is 2.03. The third-order valence-corrected chi connectivity index (χ3v) is 2.87. The van der Waals surface area contributed by atoms with E-state index < -0.39 is 0 Å². The van der Waals surface area contributed by atoms with Gasteiger partial charge in [-0.2, -0.15) is 5.10 Å². The summed E-state index contributed by atoms with van der Waals surface area (Å²) >= 11 is 0. The topological polar surface area (TPSA) is 41.6 Å². The zero-order valence-electron chi connectivity index (χ0n) is 9.60. The van der Waals surface area contributed by atoms with E-state index in [1.54, 1.807) is 0 Å². The Morgan fingerprint density at radius 3 is 2.69 bits per heavy atom. The van der Waals surface area contributed by atoms with E-state index in [0.29, 0.717) is 0 Å². The molecule has 3 heteroatoms. The molecule has 0 spiro atoms. The number of hydrogen-bond acceptors (Lipinski definition) is 3. The van der Waals surface area contributed by atoms with Crippen LogP contribution in [-0.2, 0) is 6.42 Å². The lowest BCUT2D eigenvalue weighted by atomic mass is 10.1. The van der Waals surface area contributed by atoms with Crippen molar-refractivity contribution in [3.05, 3.63) is 35.9 Å². The van der Waals surface area contributed by atoms with Gasteiger partial charge in [0.1, 0.15) is 5.84 Å². The molecular formula is C13H19N3. The van der Waals surface area contributed by atoms with Crippen LogP contribution in [0, 0.1) is 0 Å². The van der Waals surface area contributed by atoms with E-state index in [-0.39, 0.29) is 0 Å². The SMILES string of the molecule is NC1=NN(CCCCc2ccccc2)CC1. The van der Waals surface area contributed by atoms with Crippen molar-refractivity contribution in [2.75, 3.05) is 13.1 Å². The van der Waals surface area contributed by atoms with E-state index in [2.05, 4.69) is 40.4 Å². The van der Waals surface area contributed by atoms with Crippen molar-refractivity contribution in [2.45, 2.75) is 25.7 Å². The Balaban J connectivity index is 1.62. The van der Waals surface area contributed by atoms with Gasteiger partial charge < -0.3 is 5.73 Å². The summed E-state index contributed by atoms with van der Waals surface area (Å²) < 4.78 is 0. The molecule has 3 nitrogen and oxygen atoms in total. The molecule has 0 unspecified atom stereocenters. The molecule has 0 aliphatic carbocycles. The highest BCUT2D eigenvalue weighted by atomic mass is 15.5. The van der Waals surface area contributed by atoms with Crippen LogP contribution in [0.25, 0.3) is 0 Å². The third-order valence-electron chi connectivity index (χ3n) is 2.87. The zero-order valence-corrected chi connectivity index (χ0v) is 9.60. The van der Waals surface area contributed by atoms with Crippen molar-refractivity contribution >= 4 is 5.84 Å². The van der Waals surface area contributed by atoms with E-state index in [1.165, 1.54) is 18.4 Å². The van der Waals surface area contributed by atoms with E-state index in [0.717, 1.165) is 31.8 Å². The van der Waals surface area contributed by atoms with Gasteiger partial charge in [-0.1, -0.05) is 30.3 Å². The van der Waals surface area contributed by atoms with Crippen LogP contribution in [0.15, 0.2) is 35.4 Å². The Kier molecular flexibility index (Phi) is 3.81. The van der Waals surface area contributed by atoms with Gasteiger partial charge in [0.15, 0.2) is 0 Å². The fourth-order valence-corrected chi connectivity index (χ4v) is 1.96. The van der Waals surface area contributed by atoms with Crippen LogP contribution in [0.2, 0.25) is 0 Å². The van der Waals surface area contributed by atoms with Crippen molar-refractivity contribution < 1.29 is 0 Å². The molecule has 0 bridgehead atoms. The Hall–Kier alpha value is -1.51. The van der Waals surface area contributed by atoms with Crippen LogP contribution >= 0.6 is 0 Å². The maximum absolute atomic E-state index is 5.63. The average molecular weight is 217 g/mol. The molecular weight excluding hydrogens is 198 g/mol. The first-order valence-corrected chi connectivity index (χ1v) is 5.96. The first-order valence-electron chi connectivity index (χ1n) is 5.96. The van der Waals surface area contributed by atoms with Gasteiger partial charge in [-0.25, -0.2) is 0 Å². The second kappa shape index (κ2) is 5.54. The number of hydrazone groups is 1. The summed E-state index contributed by atoms with van der Waals surface area (Å²) in [5.74, 6) is 0.781. The van der Waals surface area contributed by atoms with Crippen molar-refractivity contribution in [1.29, 1.82) is 0 Å². The predicted molar refractivity (Wildman–Crippen MR) is 67.2 cm³/mol.